The van der Waals surface area contributed by atoms with Crippen molar-refractivity contribution in [1.29, 1.82) is 0 Å². The fraction of sp³-hybridized carbons (Fsp3) is 0.469. The molecule has 0 radical (unpaired) electrons. The number of nitrogens with zero attached hydrogens (tertiary/aromatic N) is 1. The molecule has 35 heavy (non-hydrogen) atoms. The van der Waals surface area contributed by atoms with Gasteiger partial charge in [0.25, 0.3) is 0 Å². The van der Waals surface area contributed by atoms with Crippen LogP contribution in [-0.4, -0.2) is 23.5 Å². The van der Waals surface area contributed by atoms with Crippen LogP contribution in [-0.2, 0) is 16.0 Å². The average molecular weight is 476 g/mol. The van der Waals surface area contributed by atoms with Crippen LogP contribution in [0.4, 0.5) is 0 Å². The summed E-state index contributed by atoms with van der Waals surface area (Å²) >= 11 is 0. The van der Waals surface area contributed by atoms with Gasteiger partial charge in [-0.2, -0.15) is 0 Å². The molecule has 0 aromatic heterocycles. The lowest BCUT2D eigenvalue weighted by Crippen LogP contribution is -2.30. The second-order valence-corrected chi connectivity index (χ2v) is 9.29. The zero-order valence-electron chi connectivity index (χ0n) is 22.5. The van der Waals surface area contributed by atoms with Crippen LogP contribution < -0.4 is 0 Å². The second-order valence-electron chi connectivity index (χ2n) is 9.29. The number of allylic oxidation sites excluding steroid dienone is 4. The van der Waals surface area contributed by atoms with E-state index in [2.05, 4.69) is 69.3 Å². The molecule has 2 atom stereocenters. The standard InChI is InChI=1S/C12H13NO2.C10H14.C8H12.C2H6/c14-11-7-6-10-8-15-12(13(10)11)9-4-2-1-3-5-9;1-9(2)8-10-6-4-3-5-7-10;1-2-8-6-4-3-5-7-8;1-2/h1-5,10,12H,6-8H2;3-7,9H,8H2,1-2H3;4,6-7H,2-3,5H2,1H3;1-2H3. The van der Waals surface area contributed by atoms with E-state index >= 15 is 0 Å². The van der Waals surface area contributed by atoms with Gasteiger partial charge in [0.1, 0.15) is 0 Å². The Morgan fingerprint density at radius 1 is 0.971 bits per heavy atom. The molecule has 2 heterocycles. The van der Waals surface area contributed by atoms with E-state index in [0.29, 0.717) is 19.1 Å². The molecule has 190 valence electrons. The summed E-state index contributed by atoms with van der Waals surface area (Å²) in [6.45, 7) is 11.4. The van der Waals surface area contributed by atoms with E-state index in [0.717, 1.165) is 17.9 Å². The van der Waals surface area contributed by atoms with Crippen molar-refractivity contribution in [2.75, 3.05) is 6.61 Å². The van der Waals surface area contributed by atoms with Crippen molar-refractivity contribution in [3.8, 4) is 0 Å². The minimum Gasteiger partial charge on any atom is -0.352 e. The summed E-state index contributed by atoms with van der Waals surface area (Å²) in [7, 11) is 0. The van der Waals surface area contributed by atoms with E-state index < -0.39 is 0 Å². The van der Waals surface area contributed by atoms with Gasteiger partial charge in [0.15, 0.2) is 6.23 Å². The molecule has 0 saturated carbocycles. The first-order chi connectivity index (χ1) is 17.1. The first kappa shape index (κ1) is 28.6. The highest BCUT2D eigenvalue weighted by Gasteiger charge is 2.42. The first-order valence-corrected chi connectivity index (χ1v) is 13.5. The van der Waals surface area contributed by atoms with Crippen molar-refractivity contribution in [3.05, 3.63) is 95.6 Å². The fourth-order valence-electron chi connectivity index (χ4n) is 4.42. The van der Waals surface area contributed by atoms with Gasteiger partial charge in [-0.25, -0.2) is 0 Å². The van der Waals surface area contributed by atoms with Crippen LogP contribution in [0.3, 0.4) is 0 Å². The molecule has 3 nitrogen and oxygen atoms in total. The summed E-state index contributed by atoms with van der Waals surface area (Å²) in [4.78, 5) is 13.6. The van der Waals surface area contributed by atoms with Crippen molar-refractivity contribution in [3.63, 3.8) is 0 Å². The van der Waals surface area contributed by atoms with Crippen LogP contribution in [0.15, 0.2) is 84.5 Å². The Hall–Kier alpha value is -2.65. The molecule has 2 aliphatic heterocycles. The summed E-state index contributed by atoms with van der Waals surface area (Å²) in [5, 5.41) is 0. The number of benzene rings is 2. The Bertz CT molecular complexity index is 902. The Morgan fingerprint density at radius 2 is 1.63 bits per heavy atom. The van der Waals surface area contributed by atoms with Gasteiger partial charge < -0.3 is 9.64 Å². The van der Waals surface area contributed by atoms with Gasteiger partial charge in [0, 0.05) is 12.0 Å². The molecule has 2 unspecified atom stereocenters. The van der Waals surface area contributed by atoms with Crippen molar-refractivity contribution >= 4 is 5.91 Å². The van der Waals surface area contributed by atoms with Crippen molar-refractivity contribution in [2.24, 2.45) is 5.92 Å². The molecule has 1 amide bonds. The Morgan fingerprint density at radius 3 is 2.17 bits per heavy atom. The van der Waals surface area contributed by atoms with Crippen LogP contribution in [0.25, 0.3) is 0 Å². The van der Waals surface area contributed by atoms with Crippen LogP contribution in [0.1, 0.15) is 84.1 Å². The van der Waals surface area contributed by atoms with E-state index in [1.165, 1.54) is 36.8 Å². The maximum absolute atomic E-state index is 11.7. The zero-order valence-corrected chi connectivity index (χ0v) is 22.5. The maximum Gasteiger partial charge on any atom is 0.225 e. The van der Waals surface area contributed by atoms with E-state index in [1.54, 1.807) is 0 Å². The third-order valence-electron chi connectivity index (χ3n) is 6.12. The summed E-state index contributed by atoms with van der Waals surface area (Å²) < 4.78 is 5.68. The Balaban J connectivity index is 0.000000189. The third kappa shape index (κ3) is 9.49. The molecule has 0 bridgehead atoms. The number of rotatable bonds is 4. The summed E-state index contributed by atoms with van der Waals surface area (Å²) in [5.41, 5.74) is 4.02. The molecular formula is C32H45NO2. The summed E-state index contributed by atoms with van der Waals surface area (Å²) in [6, 6.07) is 20.9. The van der Waals surface area contributed by atoms with Crippen molar-refractivity contribution in [1.82, 2.24) is 4.90 Å². The molecule has 0 spiro atoms. The highest BCUT2D eigenvalue weighted by Crippen LogP contribution is 2.36. The molecule has 3 aliphatic rings. The number of hydrogen-bond acceptors (Lipinski definition) is 2. The number of carbonyl (C=O) groups is 1. The predicted octanol–water partition coefficient (Wildman–Crippen LogP) is 8.29. The van der Waals surface area contributed by atoms with Crippen LogP contribution >= 0.6 is 0 Å². The van der Waals surface area contributed by atoms with E-state index in [1.807, 2.05) is 49.1 Å². The highest BCUT2D eigenvalue weighted by molar-refractivity contribution is 5.79. The smallest absolute Gasteiger partial charge is 0.225 e. The summed E-state index contributed by atoms with van der Waals surface area (Å²) in [6.07, 6.45) is 13.1. The number of fused-ring (bicyclic) bond motifs is 1. The molecule has 2 aromatic carbocycles. The van der Waals surface area contributed by atoms with Gasteiger partial charge in [-0.3, -0.25) is 4.79 Å². The van der Waals surface area contributed by atoms with Gasteiger partial charge in [-0.15, -0.1) is 0 Å². The fourth-order valence-corrected chi connectivity index (χ4v) is 4.42. The molecule has 1 aliphatic carbocycles. The maximum atomic E-state index is 11.7. The lowest BCUT2D eigenvalue weighted by molar-refractivity contribution is -0.134. The largest absolute Gasteiger partial charge is 0.352 e. The lowest BCUT2D eigenvalue weighted by atomic mass is 10.0. The number of ether oxygens (including phenoxy) is 1. The van der Waals surface area contributed by atoms with E-state index in [4.69, 9.17) is 4.74 Å². The number of carbonyl (C=O) groups excluding carboxylic acids is 1. The zero-order chi connectivity index (χ0) is 25.5. The van der Waals surface area contributed by atoms with Crippen molar-refractivity contribution in [2.45, 2.75) is 85.4 Å². The lowest BCUT2D eigenvalue weighted by Gasteiger charge is -2.22. The molecule has 2 saturated heterocycles. The molecule has 3 heteroatoms. The highest BCUT2D eigenvalue weighted by atomic mass is 16.5. The average Bonchev–Trinajstić information content (AvgIpc) is 3.50. The number of hydrogen-bond donors (Lipinski definition) is 0. The molecule has 0 N–H and O–H groups in total. The second kappa shape index (κ2) is 16.1. The first-order valence-electron chi connectivity index (χ1n) is 13.5. The van der Waals surface area contributed by atoms with Gasteiger partial charge in [-0.1, -0.05) is 119 Å². The Kier molecular flexibility index (Phi) is 13.2. The minimum atomic E-state index is -0.147. The van der Waals surface area contributed by atoms with Crippen LogP contribution in [0.2, 0.25) is 0 Å². The van der Waals surface area contributed by atoms with Crippen molar-refractivity contribution < 1.29 is 9.53 Å². The van der Waals surface area contributed by atoms with Gasteiger partial charge in [0.2, 0.25) is 5.91 Å². The monoisotopic (exact) mass is 475 g/mol. The SMILES string of the molecule is CC.CC(C)Cc1ccccc1.CCC1=CCCC=C1.O=C1CCC2COC(c3ccccc3)N12. The quantitative estimate of drug-likeness (QED) is 0.445. The molecule has 2 aromatic rings. The van der Waals surface area contributed by atoms with E-state index in [-0.39, 0.29) is 12.1 Å². The summed E-state index contributed by atoms with van der Waals surface area (Å²) in [5.74, 6) is 0.994. The predicted molar refractivity (Wildman–Crippen MR) is 148 cm³/mol. The third-order valence-corrected chi connectivity index (χ3v) is 6.12. The van der Waals surface area contributed by atoms with E-state index in [9.17, 15) is 4.79 Å². The van der Waals surface area contributed by atoms with Gasteiger partial charge in [0.05, 0.1) is 12.6 Å². The Labute approximate surface area is 213 Å². The number of amides is 1. The van der Waals surface area contributed by atoms with Crippen LogP contribution in [0.5, 0.6) is 0 Å². The molecular weight excluding hydrogens is 430 g/mol. The van der Waals surface area contributed by atoms with Gasteiger partial charge >= 0.3 is 0 Å². The van der Waals surface area contributed by atoms with Gasteiger partial charge in [-0.05, 0) is 43.6 Å². The minimum absolute atomic E-state index is 0.147. The molecule has 5 rings (SSSR count). The normalized spacial score (nSPS) is 20.0. The van der Waals surface area contributed by atoms with Crippen LogP contribution in [0, 0.1) is 5.92 Å². The molecule has 2 fully saturated rings. The topological polar surface area (TPSA) is 29.5 Å².